The second-order valence-corrected chi connectivity index (χ2v) is 5.20. The first-order valence-corrected chi connectivity index (χ1v) is 6.57. The van der Waals surface area contributed by atoms with Crippen LogP contribution in [-0.4, -0.2) is 5.78 Å². The van der Waals surface area contributed by atoms with Gasteiger partial charge in [-0.2, -0.15) is 13.2 Å². The summed E-state index contributed by atoms with van der Waals surface area (Å²) in [6, 6.07) is 7.88. The summed E-state index contributed by atoms with van der Waals surface area (Å²) in [5.41, 5.74) is 0.146. The molecule has 2 aromatic carbocycles. The molecule has 0 saturated heterocycles. The summed E-state index contributed by atoms with van der Waals surface area (Å²) in [5, 5.41) is 0.480. The van der Waals surface area contributed by atoms with Crippen molar-refractivity contribution in [2.75, 3.05) is 0 Å². The van der Waals surface area contributed by atoms with Crippen LogP contribution in [0, 0.1) is 13.8 Å². The lowest BCUT2D eigenvalue weighted by atomic mass is 9.94. The van der Waals surface area contributed by atoms with Gasteiger partial charge in [0.05, 0.1) is 5.56 Å². The van der Waals surface area contributed by atoms with Crippen molar-refractivity contribution in [2.24, 2.45) is 0 Å². The minimum Gasteiger partial charge on any atom is -0.289 e. The van der Waals surface area contributed by atoms with Crippen molar-refractivity contribution in [1.82, 2.24) is 0 Å². The van der Waals surface area contributed by atoms with Crippen molar-refractivity contribution in [1.29, 1.82) is 0 Å². The van der Waals surface area contributed by atoms with E-state index in [2.05, 4.69) is 0 Å². The van der Waals surface area contributed by atoms with Crippen molar-refractivity contribution in [3.8, 4) is 0 Å². The van der Waals surface area contributed by atoms with Crippen molar-refractivity contribution in [3.63, 3.8) is 0 Å². The number of benzene rings is 2. The van der Waals surface area contributed by atoms with Gasteiger partial charge >= 0.3 is 6.18 Å². The monoisotopic (exact) mass is 312 g/mol. The molecule has 2 aromatic rings. The predicted molar refractivity (Wildman–Crippen MR) is 75.8 cm³/mol. The summed E-state index contributed by atoms with van der Waals surface area (Å²) in [5.74, 6) is -0.653. The van der Waals surface area contributed by atoms with Crippen LogP contribution in [0.15, 0.2) is 36.4 Å². The van der Waals surface area contributed by atoms with Crippen LogP contribution in [0.1, 0.15) is 32.6 Å². The lowest BCUT2D eigenvalue weighted by molar-refractivity contribution is -0.137. The van der Waals surface area contributed by atoms with Gasteiger partial charge in [0.15, 0.2) is 5.78 Å². The minimum absolute atomic E-state index is 0.230. The van der Waals surface area contributed by atoms with Gasteiger partial charge in [0.1, 0.15) is 0 Å². The average molecular weight is 313 g/mol. The Kier molecular flexibility index (Phi) is 4.10. The molecular formula is C16H12ClF3O. The second-order valence-electron chi connectivity index (χ2n) is 4.79. The van der Waals surface area contributed by atoms with Gasteiger partial charge in [0.25, 0.3) is 0 Å². The van der Waals surface area contributed by atoms with Crippen LogP contribution in [0.4, 0.5) is 13.2 Å². The molecule has 21 heavy (non-hydrogen) atoms. The fourth-order valence-electron chi connectivity index (χ4n) is 2.10. The van der Waals surface area contributed by atoms with Gasteiger partial charge in [0, 0.05) is 16.1 Å². The SMILES string of the molecule is Cc1cc(C(=O)c2ccccc2C(F)(F)F)c(C)cc1Cl. The Labute approximate surface area is 125 Å². The highest BCUT2D eigenvalue weighted by molar-refractivity contribution is 6.31. The van der Waals surface area contributed by atoms with Crippen LogP contribution in [0.3, 0.4) is 0 Å². The van der Waals surface area contributed by atoms with E-state index in [-0.39, 0.29) is 11.1 Å². The van der Waals surface area contributed by atoms with Crippen molar-refractivity contribution >= 4 is 17.4 Å². The highest BCUT2D eigenvalue weighted by Gasteiger charge is 2.35. The second kappa shape index (κ2) is 5.53. The molecule has 1 nitrogen and oxygen atoms in total. The lowest BCUT2D eigenvalue weighted by Gasteiger charge is -2.13. The first kappa shape index (κ1) is 15.6. The molecule has 0 spiro atoms. The number of ketones is 1. The van der Waals surface area contributed by atoms with Crippen molar-refractivity contribution < 1.29 is 18.0 Å². The van der Waals surface area contributed by atoms with Gasteiger partial charge in [-0.3, -0.25) is 4.79 Å². The van der Waals surface area contributed by atoms with Crippen LogP contribution in [0.25, 0.3) is 0 Å². The molecule has 0 aliphatic heterocycles. The molecule has 0 fully saturated rings. The van der Waals surface area contributed by atoms with Crippen molar-refractivity contribution in [3.05, 3.63) is 69.2 Å². The van der Waals surface area contributed by atoms with E-state index < -0.39 is 17.5 Å². The predicted octanol–water partition coefficient (Wildman–Crippen LogP) is 5.21. The number of carbonyl (C=O) groups excluding carboxylic acids is 1. The van der Waals surface area contributed by atoms with Crippen LogP contribution >= 0.6 is 11.6 Å². The zero-order valence-corrected chi connectivity index (χ0v) is 12.1. The maximum atomic E-state index is 13.0. The number of halogens is 4. The van der Waals surface area contributed by atoms with E-state index in [1.807, 2.05) is 0 Å². The quantitative estimate of drug-likeness (QED) is 0.696. The van der Waals surface area contributed by atoms with Crippen LogP contribution in [0.5, 0.6) is 0 Å². The Morgan fingerprint density at radius 3 is 2.24 bits per heavy atom. The summed E-state index contributed by atoms with van der Waals surface area (Å²) in [6.45, 7) is 3.35. The molecule has 110 valence electrons. The minimum atomic E-state index is -4.57. The van der Waals surface area contributed by atoms with E-state index in [9.17, 15) is 18.0 Å². The number of aryl methyl sites for hydroxylation is 2. The van der Waals surface area contributed by atoms with Gasteiger partial charge < -0.3 is 0 Å². The van der Waals surface area contributed by atoms with E-state index in [4.69, 9.17) is 11.6 Å². The third-order valence-electron chi connectivity index (χ3n) is 3.23. The molecule has 0 radical (unpaired) electrons. The largest absolute Gasteiger partial charge is 0.417 e. The maximum Gasteiger partial charge on any atom is 0.417 e. The van der Waals surface area contributed by atoms with E-state index in [1.54, 1.807) is 19.9 Å². The standard InChI is InChI=1S/C16H12ClF3O/c1-9-8-14(17)10(2)7-12(9)15(21)11-5-3-4-6-13(11)16(18,19)20/h3-8H,1-2H3. The van der Waals surface area contributed by atoms with E-state index in [1.165, 1.54) is 24.3 Å². The molecule has 0 amide bonds. The normalized spacial score (nSPS) is 11.5. The Balaban J connectivity index is 2.59. The Bertz CT molecular complexity index is 705. The molecular weight excluding hydrogens is 301 g/mol. The molecule has 0 aliphatic rings. The van der Waals surface area contributed by atoms with Gasteiger partial charge in [0.2, 0.25) is 0 Å². The molecule has 0 unspecified atom stereocenters. The topological polar surface area (TPSA) is 17.1 Å². The first-order chi connectivity index (χ1) is 9.71. The summed E-state index contributed by atoms with van der Waals surface area (Å²) in [4.78, 5) is 12.5. The number of carbonyl (C=O) groups is 1. The molecule has 0 aromatic heterocycles. The van der Waals surface area contributed by atoms with Crippen LogP contribution < -0.4 is 0 Å². The molecule has 0 N–H and O–H groups in total. The van der Waals surface area contributed by atoms with Crippen LogP contribution in [0.2, 0.25) is 5.02 Å². The number of alkyl halides is 3. The maximum absolute atomic E-state index is 13.0. The number of rotatable bonds is 2. The fraction of sp³-hybridized carbons (Fsp3) is 0.188. The Hall–Kier alpha value is -1.81. The summed E-state index contributed by atoms with van der Waals surface area (Å²) in [7, 11) is 0. The molecule has 0 bridgehead atoms. The third kappa shape index (κ3) is 3.10. The molecule has 0 saturated carbocycles. The van der Waals surface area contributed by atoms with Gasteiger partial charge in [-0.1, -0.05) is 29.8 Å². The molecule has 5 heteroatoms. The zero-order chi connectivity index (χ0) is 15.8. The Morgan fingerprint density at radius 1 is 1.00 bits per heavy atom. The smallest absolute Gasteiger partial charge is 0.289 e. The molecule has 2 rings (SSSR count). The summed E-state index contributed by atoms with van der Waals surface area (Å²) in [6.07, 6.45) is -4.57. The molecule has 0 atom stereocenters. The van der Waals surface area contributed by atoms with Gasteiger partial charge in [-0.15, -0.1) is 0 Å². The summed E-state index contributed by atoms with van der Waals surface area (Å²) >= 11 is 5.95. The van der Waals surface area contributed by atoms with Gasteiger partial charge in [-0.05, 0) is 43.2 Å². The average Bonchev–Trinajstić information content (AvgIpc) is 2.41. The Morgan fingerprint density at radius 2 is 1.62 bits per heavy atom. The molecule has 0 heterocycles. The highest BCUT2D eigenvalue weighted by atomic mass is 35.5. The molecule has 0 aliphatic carbocycles. The number of hydrogen-bond donors (Lipinski definition) is 0. The van der Waals surface area contributed by atoms with Crippen molar-refractivity contribution in [2.45, 2.75) is 20.0 Å². The first-order valence-electron chi connectivity index (χ1n) is 6.19. The third-order valence-corrected chi connectivity index (χ3v) is 3.63. The van der Waals surface area contributed by atoms with Crippen LogP contribution in [-0.2, 0) is 6.18 Å². The van der Waals surface area contributed by atoms with E-state index in [0.29, 0.717) is 16.1 Å². The van der Waals surface area contributed by atoms with Gasteiger partial charge in [-0.25, -0.2) is 0 Å². The summed E-state index contributed by atoms with van der Waals surface area (Å²) < 4.78 is 39.0. The lowest BCUT2D eigenvalue weighted by Crippen LogP contribution is -2.14. The fourth-order valence-corrected chi connectivity index (χ4v) is 2.32. The zero-order valence-electron chi connectivity index (χ0n) is 11.4. The number of hydrogen-bond acceptors (Lipinski definition) is 1. The highest BCUT2D eigenvalue weighted by Crippen LogP contribution is 2.33. The van der Waals surface area contributed by atoms with E-state index in [0.717, 1.165) is 6.07 Å². The van der Waals surface area contributed by atoms with E-state index >= 15 is 0 Å².